The van der Waals surface area contributed by atoms with Crippen molar-refractivity contribution in [1.82, 2.24) is 29.5 Å². The second-order valence-corrected chi connectivity index (χ2v) is 13.1. The second-order valence-electron chi connectivity index (χ2n) is 13.1. The molecule has 0 saturated heterocycles. The molecule has 0 fully saturated rings. The molecular formula is C48H44ClN6O5Os. The Hall–Kier alpha value is -5.99. The van der Waals surface area contributed by atoms with E-state index in [9.17, 15) is 4.79 Å². The molecule has 61 heavy (non-hydrogen) atoms. The summed E-state index contributed by atoms with van der Waals surface area (Å²) in [7, 11) is 4.67. The van der Waals surface area contributed by atoms with Crippen LogP contribution in [0.4, 0.5) is 0 Å². The fourth-order valence-electron chi connectivity index (χ4n) is 6.37. The summed E-state index contributed by atoms with van der Waals surface area (Å²) in [6.07, 6.45) is 12.5. The van der Waals surface area contributed by atoms with Crippen LogP contribution in [0.3, 0.4) is 0 Å². The molecule has 9 rings (SSSR count). The predicted molar refractivity (Wildman–Crippen MR) is 236 cm³/mol. The molecular weight excluding hydrogens is 966 g/mol. The first kappa shape index (κ1) is 44.6. The number of rotatable bonds is 15. The number of benzene rings is 4. The molecule has 0 radical (unpaired) electrons. The molecule has 0 atom stereocenters. The van der Waals surface area contributed by atoms with Gasteiger partial charge in [-0.25, -0.2) is 9.78 Å². The quantitative estimate of drug-likeness (QED) is 0.0558. The Bertz CT molecular complexity index is 2430. The number of carbonyl (C=O) groups excluding carboxylic acids is 1. The molecule has 311 valence electrons. The monoisotopic (exact) mass is 1010 g/mol. The summed E-state index contributed by atoms with van der Waals surface area (Å²) >= 11 is 1.33. The van der Waals surface area contributed by atoms with E-state index in [-0.39, 0.29) is 12.6 Å². The fraction of sp³-hybridized carbons (Fsp3) is 0.167. The largest absolute Gasteiger partial charge is 0.255 e. The Morgan fingerprint density at radius 1 is 0.492 bits per heavy atom. The van der Waals surface area contributed by atoms with E-state index in [4.69, 9.17) is 18.9 Å². The number of imidazole rings is 1. The maximum Gasteiger partial charge on any atom is 0.0886 e. The van der Waals surface area contributed by atoms with Crippen molar-refractivity contribution in [2.45, 2.75) is 6.54 Å². The average Bonchev–Trinajstić information content (AvgIpc) is 3.87. The molecule has 9 aromatic rings. The maximum absolute atomic E-state index is 12.8. The van der Waals surface area contributed by atoms with Crippen molar-refractivity contribution in [3.63, 3.8) is 0 Å². The van der Waals surface area contributed by atoms with Crippen LogP contribution in [0.1, 0.15) is 10.4 Å². The molecule has 5 aromatic heterocycles. The summed E-state index contributed by atoms with van der Waals surface area (Å²) in [5.41, 5.74) is 4.24. The van der Waals surface area contributed by atoms with E-state index in [1.54, 1.807) is 37.3 Å². The van der Waals surface area contributed by atoms with Gasteiger partial charge in [-0.15, -0.1) is 0 Å². The standard InChI is InChI=1S/C28H28N2O5.2C10H8N2.ClH.Os/c31-28(35-19-18-34-17-16-33-15-14-32-13-12-30-11-10-29-20-30)25-9-7-23-5-4-21-2-1-3-22-6-8-24(25)27(23)26(21)22;2*1-3-7-11-9(5-1)10-6-2-4-8-12-10;;/h1-11,20H,12-19H2;2*1-8H;1H;/q;;;;+1/p-1. The summed E-state index contributed by atoms with van der Waals surface area (Å²) in [4.78, 5) is 33.5. The van der Waals surface area contributed by atoms with E-state index in [1.165, 1.54) is 33.8 Å². The molecule has 5 heterocycles. The fourth-order valence-corrected chi connectivity index (χ4v) is 6.37. The van der Waals surface area contributed by atoms with Crippen LogP contribution in [0.25, 0.3) is 55.1 Å². The summed E-state index contributed by atoms with van der Waals surface area (Å²) in [5, 5.41) is 6.66. The molecule has 0 spiro atoms. The van der Waals surface area contributed by atoms with Gasteiger partial charge in [0.1, 0.15) is 6.61 Å². The van der Waals surface area contributed by atoms with Crippen LogP contribution >= 0.6 is 9.64 Å². The van der Waals surface area contributed by atoms with Gasteiger partial charge < -0.3 is 23.5 Å². The number of esters is 1. The van der Waals surface area contributed by atoms with E-state index in [2.05, 4.69) is 71.0 Å². The molecule has 0 aliphatic heterocycles. The molecule has 0 amide bonds. The maximum atomic E-state index is 12.8. The first-order chi connectivity index (χ1) is 30.2. The Labute approximate surface area is 369 Å². The molecule has 0 N–H and O–H groups in total. The number of nitrogens with zero attached hydrogens (tertiary/aromatic N) is 6. The number of halogens is 1. The van der Waals surface area contributed by atoms with Crippen LogP contribution in [0.5, 0.6) is 0 Å². The Balaban J connectivity index is 0.000000193. The van der Waals surface area contributed by atoms with Crippen LogP contribution in [-0.4, -0.2) is 81.7 Å². The average molecular weight is 1010 g/mol. The topological polar surface area (TPSA) is 123 Å². The summed E-state index contributed by atoms with van der Waals surface area (Å²) < 4.78 is 24.0. The van der Waals surface area contributed by atoms with Gasteiger partial charge in [0.2, 0.25) is 0 Å². The molecule has 0 unspecified atom stereocenters. The van der Waals surface area contributed by atoms with E-state index in [0.29, 0.717) is 45.2 Å². The minimum atomic E-state index is -0.337. The van der Waals surface area contributed by atoms with E-state index < -0.39 is 0 Å². The first-order valence-corrected chi connectivity index (χ1v) is 22.7. The van der Waals surface area contributed by atoms with E-state index >= 15 is 0 Å². The van der Waals surface area contributed by atoms with Crippen molar-refractivity contribution >= 4 is 47.9 Å². The molecule has 11 nitrogen and oxygen atoms in total. The molecule has 0 bridgehead atoms. The first-order valence-electron chi connectivity index (χ1n) is 19.6. The zero-order chi connectivity index (χ0) is 42.3. The van der Waals surface area contributed by atoms with Crippen molar-refractivity contribution in [3.05, 3.63) is 176 Å². The van der Waals surface area contributed by atoms with Crippen LogP contribution in [-0.2, 0) is 43.1 Å². The second kappa shape index (κ2) is 24.9. The number of aromatic nitrogens is 6. The minimum absolute atomic E-state index is 0.193. The van der Waals surface area contributed by atoms with Crippen molar-refractivity contribution < 1.29 is 41.3 Å². The SMILES string of the molecule is O=C(OCCOCCOCCOCCn1ccnc1)c1ccc2ccc3cccc4ccc1c2c34.[Cl][Os].c1ccc(-c2ccccn2)nc1.c1ccc(-c2ccccn2)nc1. The zero-order valence-corrected chi connectivity index (χ0v) is 36.6. The Morgan fingerprint density at radius 2 is 0.951 bits per heavy atom. The zero-order valence-electron chi connectivity index (χ0n) is 33.3. The van der Waals surface area contributed by atoms with Crippen LogP contribution in [0.15, 0.2) is 171 Å². The van der Waals surface area contributed by atoms with Gasteiger partial charge in [-0.05, 0) is 86.9 Å². The van der Waals surface area contributed by atoms with Crippen molar-refractivity contribution in [2.24, 2.45) is 0 Å². The number of hydrogen-bond acceptors (Lipinski definition) is 10. The van der Waals surface area contributed by atoms with E-state index in [0.717, 1.165) is 45.5 Å². The predicted octanol–water partition coefficient (Wildman–Crippen LogP) is 9.66. The van der Waals surface area contributed by atoms with E-state index in [1.807, 2.05) is 102 Å². The van der Waals surface area contributed by atoms with Gasteiger partial charge in [-0.2, -0.15) is 0 Å². The number of pyridine rings is 4. The number of hydrogen-bond donors (Lipinski definition) is 0. The molecule has 0 saturated carbocycles. The normalized spacial score (nSPS) is 10.6. The molecule has 0 aliphatic rings. The van der Waals surface area contributed by atoms with Gasteiger partial charge in [0, 0.05) is 43.7 Å². The van der Waals surface area contributed by atoms with Gasteiger partial charge in [-0.1, -0.05) is 72.8 Å². The van der Waals surface area contributed by atoms with Crippen molar-refractivity contribution in [1.29, 1.82) is 0 Å². The minimum Gasteiger partial charge on any atom is -0.255 e. The van der Waals surface area contributed by atoms with Gasteiger partial charge in [0.25, 0.3) is 0 Å². The van der Waals surface area contributed by atoms with Crippen LogP contribution in [0, 0.1) is 0 Å². The summed E-state index contributed by atoms with van der Waals surface area (Å²) in [5.74, 6) is -0.337. The third-order valence-electron chi connectivity index (χ3n) is 9.19. The molecule has 4 aromatic carbocycles. The number of carbonyl (C=O) groups is 1. The molecule has 0 aliphatic carbocycles. The van der Waals surface area contributed by atoms with Crippen LogP contribution in [0.2, 0.25) is 0 Å². The Kier molecular flexibility index (Phi) is 18.2. The summed E-state index contributed by atoms with van der Waals surface area (Å²) in [6, 6.07) is 41.6. The number of ether oxygens (including phenoxy) is 4. The third kappa shape index (κ3) is 13.2. The van der Waals surface area contributed by atoms with Gasteiger partial charge in [0.05, 0.1) is 74.3 Å². The van der Waals surface area contributed by atoms with Crippen molar-refractivity contribution in [3.8, 4) is 22.8 Å². The smallest absolute Gasteiger partial charge is 0.0886 e. The third-order valence-corrected chi connectivity index (χ3v) is 9.19. The van der Waals surface area contributed by atoms with Crippen LogP contribution < -0.4 is 0 Å². The Morgan fingerprint density at radius 3 is 1.43 bits per heavy atom. The summed E-state index contributed by atoms with van der Waals surface area (Å²) in [6.45, 7) is 3.85. The van der Waals surface area contributed by atoms with Crippen molar-refractivity contribution in [2.75, 3.05) is 46.2 Å². The van der Waals surface area contributed by atoms with Gasteiger partial charge in [-0.3, -0.25) is 19.9 Å². The van der Waals surface area contributed by atoms with Gasteiger partial charge >= 0.3 is 33.2 Å². The van der Waals surface area contributed by atoms with Gasteiger partial charge in [0.15, 0.2) is 0 Å². The molecule has 13 heteroatoms.